The molecule has 3 N–H and O–H groups in total. The van der Waals surface area contributed by atoms with Crippen LogP contribution in [0.4, 0.5) is 97.9 Å². The van der Waals surface area contributed by atoms with Crippen molar-refractivity contribution in [3.8, 4) is 0 Å². The van der Waals surface area contributed by atoms with Gasteiger partial charge in [0.1, 0.15) is 0 Å². The third kappa shape index (κ3) is 9.45. The van der Waals surface area contributed by atoms with Crippen LogP contribution in [0.3, 0.4) is 0 Å². The van der Waals surface area contributed by atoms with E-state index in [0.717, 1.165) is 24.3 Å². The zero-order valence-electron chi connectivity index (χ0n) is 27.2. The van der Waals surface area contributed by atoms with Crippen LogP contribution < -0.4 is 10.8 Å². The molecule has 0 saturated carbocycles. The number of rotatable bonds is 21. The molecule has 0 aliphatic heterocycles. The summed E-state index contributed by atoms with van der Waals surface area (Å²) >= 11 is 0. The van der Waals surface area contributed by atoms with Crippen LogP contribution in [0.5, 0.6) is 0 Å². The van der Waals surface area contributed by atoms with Gasteiger partial charge in [0.2, 0.25) is 11.8 Å². The first-order valence-corrected chi connectivity index (χ1v) is 14.9. The molecule has 28 heteroatoms. The molecule has 0 aliphatic carbocycles. The SMILES string of the molecule is O=C(CCCCCCC(=O)Nc1ccc(CC(=O)OCCC(F)(F)C(F)(F)C(F)(F)C(F)(F)C(F)(F)C(F)(F)C(F)(F)C(F)(F)C(F)(F)C(F)(F)F)cc1)NO. The molecule has 0 atom stereocenters. The second-order valence-corrected chi connectivity index (χ2v) is 11.6. The number of anilines is 1. The van der Waals surface area contributed by atoms with E-state index >= 15 is 0 Å². The van der Waals surface area contributed by atoms with E-state index in [1.54, 1.807) is 0 Å². The lowest BCUT2D eigenvalue weighted by molar-refractivity contribution is -0.474. The van der Waals surface area contributed by atoms with Crippen LogP contribution in [-0.2, 0) is 25.5 Å². The van der Waals surface area contributed by atoms with Crippen molar-refractivity contribution >= 4 is 23.5 Å². The summed E-state index contributed by atoms with van der Waals surface area (Å²) < 4.78 is 287. The number of carbonyl (C=O) groups excluding carboxylic acids is 3. The fourth-order valence-corrected chi connectivity index (χ4v) is 4.17. The summed E-state index contributed by atoms with van der Waals surface area (Å²) in [6.45, 7) is -2.20. The van der Waals surface area contributed by atoms with E-state index in [9.17, 15) is 107 Å². The standard InChI is InChI=1S/C28H25F21N2O5/c29-19(30,11-12-56-18(54)13-14-7-9-15(10-8-14)50-16(52)5-3-1-2-4-6-17(53)51-55)20(31,32)21(33,34)22(35,36)23(37,38)24(39,40)25(41,42)26(43,44)27(45,46)28(47,48)49/h7-10,55H,1-6,11-13H2,(H,50,52)(H,51,53). The number of amides is 2. The van der Waals surface area contributed by atoms with Gasteiger partial charge in [-0.25, -0.2) is 5.48 Å². The molecule has 0 heterocycles. The van der Waals surface area contributed by atoms with Crippen LogP contribution in [-0.4, -0.2) is 89.1 Å². The molecular formula is C28H25F21N2O5. The summed E-state index contributed by atoms with van der Waals surface area (Å²) in [7, 11) is 0. The first-order chi connectivity index (χ1) is 24.9. The number of ether oxygens (including phenoxy) is 1. The molecule has 1 aromatic carbocycles. The number of halogens is 21. The number of unbranched alkanes of at least 4 members (excludes halogenated alkanes) is 3. The Morgan fingerprint density at radius 1 is 0.518 bits per heavy atom. The summed E-state index contributed by atoms with van der Waals surface area (Å²) in [4.78, 5) is 34.8. The predicted octanol–water partition coefficient (Wildman–Crippen LogP) is 9.23. The molecule has 2 amide bonds. The minimum atomic E-state index is -9.26. The van der Waals surface area contributed by atoms with Crippen LogP contribution in [0.2, 0.25) is 0 Å². The van der Waals surface area contributed by atoms with E-state index in [1.807, 2.05) is 0 Å². The normalized spacial score (nSPS) is 14.4. The van der Waals surface area contributed by atoms with Gasteiger partial charge in [-0.05, 0) is 30.5 Å². The molecule has 0 aliphatic rings. The van der Waals surface area contributed by atoms with Crippen LogP contribution in [0.1, 0.15) is 50.5 Å². The van der Waals surface area contributed by atoms with Crippen molar-refractivity contribution < 1.29 is 117 Å². The minimum absolute atomic E-state index is 0.00412. The fourth-order valence-electron chi connectivity index (χ4n) is 4.17. The van der Waals surface area contributed by atoms with Gasteiger partial charge in [0.25, 0.3) is 0 Å². The topological polar surface area (TPSA) is 105 Å². The fraction of sp³-hybridized carbons (Fsp3) is 0.679. The zero-order chi connectivity index (χ0) is 44.2. The molecule has 0 aromatic heterocycles. The molecule has 0 bridgehead atoms. The Kier molecular flexibility index (Phi) is 15.1. The lowest BCUT2D eigenvalue weighted by atomic mass is 9.86. The maximum atomic E-state index is 14.1. The number of esters is 1. The largest absolute Gasteiger partial charge is 0.465 e. The summed E-state index contributed by atoms with van der Waals surface area (Å²) in [6, 6.07) is 4.47. The number of hydrogen-bond acceptors (Lipinski definition) is 5. The van der Waals surface area contributed by atoms with Crippen molar-refractivity contribution in [2.24, 2.45) is 0 Å². The molecular weight excluding hydrogens is 843 g/mol. The van der Waals surface area contributed by atoms with E-state index < -0.39 is 96.7 Å². The first-order valence-electron chi connectivity index (χ1n) is 14.9. The lowest BCUT2D eigenvalue weighted by Gasteiger charge is -2.44. The van der Waals surface area contributed by atoms with Gasteiger partial charge < -0.3 is 10.1 Å². The third-order valence-corrected chi connectivity index (χ3v) is 7.52. The van der Waals surface area contributed by atoms with Crippen molar-refractivity contribution in [3.05, 3.63) is 29.8 Å². The van der Waals surface area contributed by atoms with Crippen LogP contribution in [0.15, 0.2) is 24.3 Å². The predicted molar refractivity (Wildman–Crippen MR) is 143 cm³/mol. The highest BCUT2D eigenvalue weighted by Crippen LogP contribution is 2.66. The Bertz CT molecular complexity index is 1510. The Balaban J connectivity index is 3.00. The molecule has 1 rings (SSSR count). The van der Waals surface area contributed by atoms with E-state index in [2.05, 4.69) is 10.1 Å². The Morgan fingerprint density at radius 3 is 1.29 bits per heavy atom. The van der Waals surface area contributed by atoms with Crippen molar-refractivity contribution in [2.45, 2.75) is 111 Å². The Labute approximate surface area is 298 Å². The van der Waals surface area contributed by atoms with Gasteiger partial charge >= 0.3 is 65.4 Å². The number of carbonyl (C=O) groups is 3. The highest BCUT2D eigenvalue weighted by atomic mass is 19.4. The third-order valence-electron chi connectivity index (χ3n) is 7.52. The van der Waals surface area contributed by atoms with Crippen molar-refractivity contribution in [1.29, 1.82) is 0 Å². The molecule has 1 aromatic rings. The van der Waals surface area contributed by atoms with Crippen molar-refractivity contribution in [3.63, 3.8) is 0 Å². The number of hydroxylamine groups is 1. The molecule has 0 spiro atoms. The summed E-state index contributed by atoms with van der Waals surface area (Å²) in [5.41, 5.74) is 1.46. The quantitative estimate of drug-likeness (QED) is 0.0376. The number of hydrogen-bond donors (Lipinski definition) is 3. The highest BCUT2D eigenvalue weighted by Gasteiger charge is 2.97. The zero-order valence-corrected chi connectivity index (χ0v) is 27.2. The van der Waals surface area contributed by atoms with Gasteiger partial charge in [-0.3, -0.25) is 19.6 Å². The molecule has 0 fully saturated rings. The van der Waals surface area contributed by atoms with Gasteiger partial charge in [0.05, 0.1) is 19.4 Å². The monoisotopic (exact) mass is 868 g/mol. The van der Waals surface area contributed by atoms with Gasteiger partial charge in [-0.2, -0.15) is 92.2 Å². The average Bonchev–Trinajstić information content (AvgIpc) is 3.05. The van der Waals surface area contributed by atoms with Crippen molar-refractivity contribution in [1.82, 2.24) is 5.48 Å². The van der Waals surface area contributed by atoms with E-state index in [0.29, 0.717) is 25.7 Å². The van der Waals surface area contributed by atoms with Crippen LogP contribution >= 0.6 is 0 Å². The molecule has 0 saturated heterocycles. The highest BCUT2D eigenvalue weighted by molar-refractivity contribution is 5.90. The molecule has 56 heavy (non-hydrogen) atoms. The maximum absolute atomic E-state index is 14.1. The van der Waals surface area contributed by atoms with Crippen LogP contribution in [0, 0.1) is 0 Å². The average molecular weight is 868 g/mol. The van der Waals surface area contributed by atoms with Gasteiger partial charge in [-0.15, -0.1) is 0 Å². The van der Waals surface area contributed by atoms with E-state index in [1.165, 1.54) is 5.48 Å². The maximum Gasteiger partial charge on any atom is 0.460 e. The first kappa shape index (κ1) is 50.1. The molecule has 7 nitrogen and oxygen atoms in total. The summed E-state index contributed by atoms with van der Waals surface area (Å²) in [5, 5.41) is 10.8. The second kappa shape index (κ2) is 16.9. The molecule has 0 radical (unpaired) electrons. The number of benzene rings is 1. The van der Waals surface area contributed by atoms with Gasteiger partial charge in [0.15, 0.2) is 0 Å². The van der Waals surface area contributed by atoms with Crippen LogP contribution in [0.25, 0.3) is 0 Å². The summed E-state index contributed by atoms with van der Waals surface area (Å²) in [6.07, 6.45) is -10.2. The molecule has 324 valence electrons. The van der Waals surface area contributed by atoms with Crippen molar-refractivity contribution in [2.75, 3.05) is 11.9 Å². The lowest BCUT2D eigenvalue weighted by Crippen LogP contribution is -2.76. The molecule has 0 unspecified atom stereocenters. The Morgan fingerprint density at radius 2 is 0.893 bits per heavy atom. The van der Waals surface area contributed by atoms with E-state index in [4.69, 9.17) is 5.21 Å². The second-order valence-electron chi connectivity index (χ2n) is 11.6. The van der Waals surface area contributed by atoms with Gasteiger partial charge in [0, 0.05) is 18.5 Å². The summed E-state index contributed by atoms with van der Waals surface area (Å²) in [5.74, 6) is -80.8. The minimum Gasteiger partial charge on any atom is -0.465 e. The number of nitrogens with one attached hydrogen (secondary N) is 2. The Hall–Kier alpha value is -3.88. The van der Waals surface area contributed by atoms with E-state index in [-0.39, 0.29) is 24.1 Å². The van der Waals surface area contributed by atoms with Gasteiger partial charge in [-0.1, -0.05) is 25.0 Å². The number of alkyl halides is 21. The smallest absolute Gasteiger partial charge is 0.460 e.